The summed E-state index contributed by atoms with van der Waals surface area (Å²) in [5, 5.41) is 9.19. The highest BCUT2D eigenvalue weighted by atomic mass is 16.7. The van der Waals surface area contributed by atoms with Crippen LogP contribution in [0.3, 0.4) is 0 Å². The van der Waals surface area contributed by atoms with E-state index in [9.17, 15) is 5.11 Å². The average Bonchev–Trinajstić information content (AvgIpc) is 2.43. The topological polar surface area (TPSA) is 58.8 Å². The Kier molecular flexibility index (Phi) is 0.668. The molecule has 2 aliphatic rings. The lowest BCUT2D eigenvalue weighted by molar-refractivity contribution is 0.0825. The largest absolute Gasteiger partial charge is 0.400 e. The third kappa shape index (κ3) is 0.528. The quantitative estimate of drug-likeness (QED) is 0.428. The van der Waals surface area contributed by atoms with Crippen molar-refractivity contribution >= 4 is 0 Å². The second-order valence-corrected chi connectivity index (χ2v) is 2.28. The SMILES string of the molecule is NC1=CC=CC2(O)OC12. The van der Waals surface area contributed by atoms with Crippen molar-refractivity contribution in [2.24, 2.45) is 5.73 Å². The summed E-state index contributed by atoms with van der Waals surface area (Å²) in [6.07, 6.45) is 4.74. The minimum atomic E-state index is -1.06. The fraction of sp³-hybridized carbons (Fsp3) is 0.333. The van der Waals surface area contributed by atoms with Gasteiger partial charge in [-0.15, -0.1) is 0 Å². The van der Waals surface area contributed by atoms with Gasteiger partial charge in [0.25, 0.3) is 0 Å². The summed E-state index contributed by atoms with van der Waals surface area (Å²) in [6, 6.07) is 0. The van der Waals surface area contributed by atoms with E-state index in [4.69, 9.17) is 10.5 Å². The molecule has 0 aromatic rings. The number of rotatable bonds is 0. The van der Waals surface area contributed by atoms with E-state index in [1.807, 2.05) is 0 Å². The van der Waals surface area contributed by atoms with Crippen molar-refractivity contribution in [3.05, 3.63) is 23.9 Å². The van der Waals surface area contributed by atoms with Crippen LogP contribution in [0.4, 0.5) is 0 Å². The van der Waals surface area contributed by atoms with Crippen LogP contribution in [0.1, 0.15) is 0 Å². The van der Waals surface area contributed by atoms with Crippen LogP contribution >= 0.6 is 0 Å². The summed E-state index contributed by atoms with van der Waals surface area (Å²) in [5.41, 5.74) is 6.03. The summed E-state index contributed by atoms with van der Waals surface area (Å²) in [7, 11) is 0. The average molecular weight is 125 g/mol. The van der Waals surface area contributed by atoms with E-state index >= 15 is 0 Å². The Morgan fingerprint density at radius 3 is 3.11 bits per heavy atom. The van der Waals surface area contributed by atoms with E-state index in [1.165, 1.54) is 0 Å². The molecule has 1 fully saturated rings. The van der Waals surface area contributed by atoms with Gasteiger partial charge < -0.3 is 15.6 Å². The molecule has 48 valence electrons. The van der Waals surface area contributed by atoms with Gasteiger partial charge in [0, 0.05) is 5.70 Å². The molecule has 3 nitrogen and oxygen atoms in total. The zero-order valence-electron chi connectivity index (χ0n) is 4.74. The van der Waals surface area contributed by atoms with E-state index in [0.29, 0.717) is 5.70 Å². The maximum atomic E-state index is 9.19. The van der Waals surface area contributed by atoms with Crippen molar-refractivity contribution in [3.8, 4) is 0 Å². The summed E-state index contributed by atoms with van der Waals surface area (Å²) < 4.78 is 4.85. The molecule has 0 bridgehead atoms. The predicted molar refractivity (Wildman–Crippen MR) is 31.2 cm³/mol. The molecule has 1 aliphatic heterocycles. The fourth-order valence-electron chi connectivity index (χ4n) is 0.973. The molecular weight excluding hydrogens is 118 g/mol. The van der Waals surface area contributed by atoms with Gasteiger partial charge >= 0.3 is 0 Å². The molecule has 0 saturated carbocycles. The molecule has 0 radical (unpaired) electrons. The number of hydrogen-bond acceptors (Lipinski definition) is 3. The maximum absolute atomic E-state index is 9.19. The number of ether oxygens (including phenoxy) is 1. The Balaban J connectivity index is 2.34. The maximum Gasteiger partial charge on any atom is 0.219 e. The highest BCUT2D eigenvalue weighted by Gasteiger charge is 2.56. The summed E-state index contributed by atoms with van der Waals surface area (Å²) >= 11 is 0. The Bertz CT molecular complexity index is 209. The predicted octanol–water partition coefficient (Wildman–Crippen LogP) is -0.514. The number of allylic oxidation sites excluding steroid dienone is 2. The number of aliphatic hydroxyl groups is 1. The number of hydrogen-bond donors (Lipinski definition) is 2. The van der Waals surface area contributed by atoms with Crippen LogP contribution in [0.2, 0.25) is 0 Å². The first kappa shape index (κ1) is 5.02. The van der Waals surface area contributed by atoms with Crippen molar-refractivity contribution in [1.29, 1.82) is 0 Å². The molecule has 0 aromatic heterocycles. The third-order valence-electron chi connectivity index (χ3n) is 1.55. The minimum Gasteiger partial charge on any atom is -0.400 e. The number of fused-ring (bicyclic) bond motifs is 1. The second kappa shape index (κ2) is 1.20. The first-order chi connectivity index (χ1) is 4.22. The molecule has 1 saturated heterocycles. The van der Waals surface area contributed by atoms with Crippen LogP contribution < -0.4 is 5.73 Å². The smallest absolute Gasteiger partial charge is 0.219 e. The van der Waals surface area contributed by atoms with E-state index < -0.39 is 5.79 Å². The van der Waals surface area contributed by atoms with Gasteiger partial charge in [0.1, 0.15) is 0 Å². The summed E-state index contributed by atoms with van der Waals surface area (Å²) in [4.78, 5) is 0. The Labute approximate surface area is 52.4 Å². The fourth-order valence-corrected chi connectivity index (χ4v) is 0.973. The molecule has 3 heteroatoms. The highest BCUT2D eigenvalue weighted by molar-refractivity contribution is 5.32. The normalized spacial score (nSPS) is 45.9. The number of epoxide rings is 1. The van der Waals surface area contributed by atoms with Gasteiger partial charge in [0.05, 0.1) is 0 Å². The van der Waals surface area contributed by atoms with Gasteiger partial charge in [0.15, 0.2) is 6.10 Å². The molecule has 2 unspecified atom stereocenters. The molecule has 1 heterocycles. The highest BCUT2D eigenvalue weighted by Crippen LogP contribution is 2.40. The Morgan fingerprint density at radius 2 is 2.56 bits per heavy atom. The van der Waals surface area contributed by atoms with Gasteiger partial charge in [-0.1, -0.05) is 6.08 Å². The zero-order chi connectivity index (χ0) is 6.48. The van der Waals surface area contributed by atoms with E-state index in [1.54, 1.807) is 18.2 Å². The van der Waals surface area contributed by atoms with E-state index in [0.717, 1.165) is 0 Å². The first-order valence-corrected chi connectivity index (χ1v) is 2.77. The van der Waals surface area contributed by atoms with Crippen LogP contribution in [-0.2, 0) is 4.74 Å². The molecule has 1 aliphatic carbocycles. The van der Waals surface area contributed by atoms with Crippen molar-refractivity contribution in [1.82, 2.24) is 0 Å². The zero-order valence-corrected chi connectivity index (χ0v) is 4.74. The molecule has 0 spiro atoms. The molecule has 0 aromatic carbocycles. The van der Waals surface area contributed by atoms with Crippen LogP contribution in [0.15, 0.2) is 23.9 Å². The van der Waals surface area contributed by atoms with Crippen LogP contribution in [0.5, 0.6) is 0 Å². The number of nitrogens with two attached hydrogens (primary N) is 1. The van der Waals surface area contributed by atoms with E-state index in [2.05, 4.69) is 0 Å². The third-order valence-corrected chi connectivity index (χ3v) is 1.55. The van der Waals surface area contributed by atoms with Gasteiger partial charge in [-0.25, -0.2) is 0 Å². The van der Waals surface area contributed by atoms with Crippen molar-refractivity contribution in [3.63, 3.8) is 0 Å². The monoisotopic (exact) mass is 125 g/mol. The summed E-state index contributed by atoms with van der Waals surface area (Å²) in [5.74, 6) is -1.06. The molecule has 2 atom stereocenters. The molecule has 9 heavy (non-hydrogen) atoms. The first-order valence-electron chi connectivity index (χ1n) is 2.77. The van der Waals surface area contributed by atoms with Gasteiger partial charge in [-0.3, -0.25) is 0 Å². The molecular formula is C6H7NO2. The van der Waals surface area contributed by atoms with Crippen LogP contribution in [0, 0.1) is 0 Å². The van der Waals surface area contributed by atoms with E-state index in [-0.39, 0.29) is 6.10 Å². The van der Waals surface area contributed by atoms with Gasteiger partial charge in [-0.05, 0) is 12.2 Å². The van der Waals surface area contributed by atoms with Crippen LogP contribution in [0.25, 0.3) is 0 Å². The summed E-state index contributed by atoms with van der Waals surface area (Å²) in [6.45, 7) is 0. The molecule has 2 rings (SSSR count). The second-order valence-electron chi connectivity index (χ2n) is 2.28. The Hall–Kier alpha value is -0.800. The Morgan fingerprint density at radius 1 is 1.78 bits per heavy atom. The van der Waals surface area contributed by atoms with Gasteiger partial charge in [-0.2, -0.15) is 0 Å². The molecule has 3 N–H and O–H groups in total. The van der Waals surface area contributed by atoms with Crippen LogP contribution in [-0.4, -0.2) is 17.0 Å². The minimum absolute atomic E-state index is 0.275. The lowest BCUT2D eigenvalue weighted by Crippen LogP contribution is -2.18. The molecule has 0 amide bonds. The standard InChI is InChI=1S/C6H7NO2/c7-4-2-1-3-6(8)5(4)9-6/h1-3,5,8H,7H2. The lowest BCUT2D eigenvalue weighted by atomic mass is 10.1. The van der Waals surface area contributed by atoms with Crippen molar-refractivity contribution in [2.45, 2.75) is 11.9 Å². The van der Waals surface area contributed by atoms with Gasteiger partial charge in [0.2, 0.25) is 5.79 Å². The van der Waals surface area contributed by atoms with Crippen molar-refractivity contribution in [2.75, 3.05) is 0 Å². The lowest BCUT2D eigenvalue weighted by Gasteiger charge is -2.01. The van der Waals surface area contributed by atoms with Crippen molar-refractivity contribution < 1.29 is 9.84 Å².